The Hall–Kier alpha value is -1.53. The smallest absolute Gasteiger partial charge is 0.220 e. The van der Waals surface area contributed by atoms with Crippen LogP contribution in [0.4, 0.5) is 0 Å². The number of amides is 1. The van der Waals surface area contributed by atoms with Crippen LogP contribution in [0, 0.1) is 0 Å². The SMILES string of the molecule is CCCCCCCCCCCCCCCCCCCCCC/C=C/CC/C=C/C(O)C(COC1OC(CO)C(OC2OC(CO)C(O)C(O)C2O)C(O)C1O)NC(=O)CCCCCCCCC. The highest BCUT2D eigenvalue weighted by atomic mass is 16.7. The molecule has 0 bridgehead atoms. The van der Waals surface area contributed by atoms with Crippen LogP contribution in [-0.4, -0.2) is 140 Å². The number of carbonyl (C=O) groups excluding carboxylic acids is 1. The van der Waals surface area contributed by atoms with Crippen molar-refractivity contribution in [2.75, 3.05) is 19.8 Å². The van der Waals surface area contributed by atoms with Gasteiger partial charge in [0.25, 0.3) is 0 Å². The van der Waals surface area contributed by atoms with E-state index in [0.29, 0.717) is 12.8 Å². The number of aliphatic hydroxyl groups is 8. The Morgan fingerprint density at radius 3 is 1.46 bits per heavy atom. The second kappa shape index (κ2) is 40.1. The molecule has 0 radical (unpaired) electrons. The lowest BCUT2D eigenvalue weighted by Crippen LogP contribution is -2.65. The zero-order valence-corrected chi connectivity index (χ0v) is 41.9. The molecule has 2 heterocycles. The summed E-state index contributed by atoms with van der Waals surface area (Å²) in [7, 11) is 0. The van der Waals surface area contributed by atoms with Crippen LogP contribution in [0.15, 0.2) is 24.3 Å². The normalized spacial score (nSPS) is 26.7. The van der Waals surface area contributed by atoms with Gasteiger partial charge in [0.15, 0.2) is 12.6 Å². The minimum Gasteiger partial charge on any atom is -0.394 e. The van der Waals surface area contributed by atoms with E-state index in [-0.39, 0.29) is 18.9 Å². The van der Waals surface area contributed by atoms with E-state index in [1.54, 1.807) is 6.08 Å². The number of allylic oxidation sites excluding steroid dienone is 3. The molecule has 12 atom stereocenters. The van der Waals surface area contributed by atoms with Crippen LogP contribution in [0.3, 0.4) is 0 Å². The molecule has 2 aliphatic rings. The van der Waals surface area contributed by atoms with Crippen LogP contribution >= 0.6 is 0 Å². The maximum atomic E-state index is 13.0. The summed E-state index contributed by atoms with van der Waals surface area (Å²) in [6, 6.07) is -0.924. The van der Waals surface area contributed by atoms with Crippen LogP contribution in [-0.2, 0) is 23.7 Å². The molecule has 0 aromatic heterocycles. The van der Waals surface area contributed by atoms with E-state index in [1.807, 2.05) is 6.08 Å². The number of hydrogen-bond acceptors (Lipinski definition) is 13. The lowest BCUT2D eigenvalue weighted by atomic mass is 9.97. The van der Waals surface area contributed by atoms with E-state index in [1.165, 1.54) is 141 Å². The summed E-state index contributed by atoms with van der Waals surface area (Å²) >= 11 is 0. The first-order chi connectivity index (χ1) is 32.6. The monoisotopic (exact) mass is 958 g/mol. The van der Waals surface area contributed by atoms with Crippen LogP contribution in [0.2, 0.25) is 0 Å². The van der Waals surface area contributed by atoms with E-state index in [0.717, 1.165) is 38.5 Å². The van der Waals surface area contributed by atoms with Gasteiger partial charge in [-0.25, -0.2) is 0 Å². The average Bonchev–Trinajstić information content (AvgIpc) is 3.32. The van der Waals surface area contributed by atoms with Gasteiger partial charge in [0.2, 0.25) is 5.91 Å². The molecule has 0 spiro atoms. The van der Waals surface area contributed by atoms with Crippen molar-refractivity contribution in [1.82, 2.24) is 5.32 Å². The zero-order chi connectivity index (χ0) is 48.9. The lowest BCUT2D eigenvalue weighted by Gasteiger charge is -2.46. The second-order valence-electron chi connectivity index (χ2n) is 19.4. The highest BCUT2D eigenvalue weighted by Gasteiger charge is 2.51. The molecule has 0 aromatic carbocycles. The standard InChI is InChI=1S/C53H99NO13/c1-3-5-7-9-11-12-13-14-15-16-17-18-19-20-21-22-23-24-25-26-27-28-29-31-32-34-36-42(57)41(54-45(58)37-35-33-30-10-8-6-4-2)40-64-52-50(63)48(61)51(44(39-56)66-52)67-53-49(62)47(60)46(59)43(38-55)65-53/h28-29,34,36,41-44,46-53,55-57,59-63H,3-27,30-33,35,37-40H2,1-2H3,(H,54,58)/b29-28+,36-34+. The number of carbonyl (C=O) groups is 1. The third-order valence-electron chi connectivity index (χ3n) is 13.4. The van der Waals surface area contributed by atoms with Gasteiger partial charge in [0.05, 0.1) is 32.0 Å². The third kappa shape index (κ3) is 27.0. The predicted octanol–water partition coefficient (Wildman–Crippen LogP) is 7.72. The second-order valence-corrected chi connectivity index (χ2v) is 19.4. The Morgan fingerprint density at radius 1 is 0.522 bits per heavy atom. The van der Waals surface area contributed by atoms with E-state index in [2.05, 4.69) is 31.3 Å². The molecule has 14 heteroatoms. The molecule has 2 saturated heterocycles. The molecule has 12 unspecified atom stereocenters. The van der Waals surface area contributed by atoms with Gasteiger partial charge in [-0.2, -0.15) is 0 Å². The van der Waals surface area contributed by atoms with E-state index in [4.69, 9.17) is 18.9 Å². The molecule has 2 aliphatic heterocycles. The first kappa shape index (κ1) is 61.6. The molecular formula is C53H99NO13. The van der Waals surface area contributed by atoms with Crippen molar-refractivity contribution in [3.8, 4) is 0 Å². The average molecular weight is 958 g/mol. The van der Waals surface area contributed by atoms with E-state index < -0.39 is 86.8 Å². The molecule has 2 rings (SSSR count). The molecule has 9 N–H and O–H groups in total. The number of rotatable bonds is 42. The predicted molar refractivity (Wildman–Crippen MR) is 263 cm³/mol. The number of hydrogen-bond donors (Lipinski definition) is 9. The van der Waals surface area contributed by atoms with Gasteiger partial charge in [-0.15, -0.1) is 0 Å². The largest absolute Gasteiger partial charge is 0.394 e. The molecule has 0 aliphatic carbocycles. The Bertz CT molecular complexity index is 1220. The fourth-order valence-electron chi connectivity index (χ4n) is 8.95. The molecule has 0 saturated carbocycles. The summed E-state index contributed by atoms with van der Waals surface area (Å²) in [6.07, 6.45) is 28.4. The third-order valence-corrected chi connectivity index (χ3v) is 13.4. The van der Waals surface area contributed by atoms with Crippen molar-refractivity contribution >= 4 is 5.91 Å². The van der Waals surface area contributed by atoms with Gasteiger partial charge in [0.1, 0.15) is 48.8 Å². The summed E-state index contributed by atoms with van der Waals surface area (Å²) in [5, 5.41) is 86.5. The van der Waals surface area contributed by atoms with Gasteiger partial charge in [-0.1, -0.05) is 199 Å². The fourth-order valence-corrected chi connectivity index (χ4v) is 8.95. The van der Waals surface area contributed by atoms with Gasteiger partial charge < -0.3 is 65.1 Å². The van der Waals surface area contributed by atoms with Gasteiger partial charge in [0, 0.05) is 6.42 Å². The number of ether oxygens (including phenoxy) is 4. The molecular weight excluding hydrogens is 859 g/mol. The van der Waals surface area contributed by atoms with Crippen molar-refractivity contribution in [2.45, 2.75) is 286 Å². The van der Waals surface area contributed by atoms with Crippen LogP contribution in [0.25, 0.3) is 0 Å². The maximum absolute atomic E-state index is 13.0. The maximum Gasteiger partial charge on any atom is 0.220 e. The van der Waals surface area contributed by atoms with E-state index >= 15 is 0 Å². The highest BCUT2D eigenvalue weighted by molar-refractivity contribution is 5.76. The summed E-state index contributed by atoms with van der Waals surface area (Å²) in [6.45, 7) is 2.72. The van der Waals surface area contributed by atoms with E-state index in [9.17, 15) is 45.6 Å². The zero-order valence-electron chi connectivity index (χ0n) is 41.9. The van der Waals surface area contributed by atoms with Crippen molar-refractivity contribution in [1.29, 1.82) is 0 Å². The molecule has 2 fully saturated rings. The summed E-state index contributed by atoms with van der Waals surface area (Å²) < 4.78 is 22.6. The Labute approximate surface area is 405 Å². The van der Waals surface area contributed by atoms with Gasteiger partial charge in [-0.05, 0) is 32.1 Å². The molecule has 67 heavy (non-hydrogen) atoms. The Balaban J connectivity index is 1.72. The van der Waals surface area contributed by atoms with Crippen LogP contribution < -0.4 is 5.32 Å². The quantitative estimate of drug-likeness (QED) is 0.0211. The topological polar surface area (TPSA) is 228 Å². The first-order valence-electron chi connectivity index (χ1n) is 27.1. The number of unbranched alkanes of at least 4 members (excludes halogenated alkanes) is 27. The summed E-state index contributed by atoms with van der Waals surface area (Å²) in [4.78, 5) is 13.0. The van der Waals surface area contributed by atoms with Crippen LogP contribution in [0.5, 0.6) is 0 Å². The van der Waals surface area contributed by atoms with Crippen molar-refractivity contribution in [3.05, 3.63) is 24.3 Å². The van der Waals surface area contributed by atoms with Crippen molar-refractivity contribution in [2.24, 2.45) is 0 Å². The van der Waals surface area contributed by atoms with Gasteiger partial charge >= 0.3 is 0 Å². The summed E-state index contributed by atoms with van der Waals surface area (Å²) in [5.41, 5.74) is 0. The number of nitrogens with one attached hydrogen (secondary N) is 1. The van der Waals surface area contributed by atoms with Crippen molar-refractivity contribution < 1.29 is 64.6 Å². The fraction of sp³-hybridized carbons (Fsp3) is 0.906. The molecule has 394 valence electrons. The number of aliphatic hydroxyl groups excluding tert-OH is 8. The first-order valence-corrected chi connectivity index (χ1v) is 27.1. The molecule has 1 amide bonds. The Kier molecular flexibility index (Phi) is 36.9. The van der Waals surface area contributed by atoms with Crippen molar-refractivity contribution in [3.63, 3.8) is 0 Å². The lowest BCUT2D eigenvalue weighted by molar-refractivity contribution is -0.359. The highest BCUT2D eigenvalue weighted by Crippen LogP contribution is 2.30. The molecule has 0 aromatic rings. The van der Waals surface area contributed by atoms with Gasteiger partial charge in [-0.3, -0.25) is 4.79 Å². The minimum absolute atomic E-state index is 0.256. The summed E-state index contributed by atoms with van der Waals surface area (Å²) in [5.74, 6) is -0.256. The minimum atomic E-state index is -1.79. The van der Waals surface area contributed by atoms with Crippen LogP contribution in [0.1, 0.15) is 213 Å². The Morgan fingerprint density at radius 2 is 0.955 bits per heavy atom. The molecule has 14 nitrogen and oxygen atoms in total.